The molecule has 0 amide bonds. The zero-order chi connectivity index (χ0) is 14.1. The van der Waals surface area contributed by atoms with Crippen molar-refractivity contribution in [2.45, 2.75) is 78.6 Å². The van der Waals surface area contributed by atoms with Gasteiger partial charge >= 0.3 is 8.56 Å². The monoisotopic (exact) mass is 258 g/mol. The molecule has 0 saturated carbocycles. The van der Waals surface area contributed by atoms with Gasteiger partial charge in [-0.05, 0) is 47.2 Å². The fourth-order valence-electron chi connectivity index (χ4n) is 1.63. The zero-order valence-corrected chi connectivity index (χ0v) is 14.1. The first-order chi connectivity index (χ1) is 7.22. The Kier molecular flexibility index (Phi) is 4.83. The van der Waals surface area contributed by atoms with E-state index in [-0.39, 0.29) is 16.2 Å². The maximum atomic E-state index is 6.31. The second kappa shape index (κ2) is 4.86. The Labute approximate surface area is 109 Å². The van der Waals surface area contributed by atoms with Crippen LogP contribution in [0, 0.1) is 0 Å². The molecular weight excluding hydrogens is 228 g/mol. The summed E-state index contributed by atoms with van der Waals surface area (Å²) < 4.78 is 12.6. The van der Waals surface area contributed by atoms with E-state index in [4.69, 9.17) is 8.85 Å². The second-order valence-corrected chi connectivity index (χ2v) is 11.2. The van der Waals surface area contributed by atoms with Crippen molar-refractivity contribution < 1.29 is 8.85 Å². The second-order valence-electron chi connectivity index (χ2n) is 7.55. The van der Waals surface area contributed by atoms with Crippen molar-refractivity contribution in [3.8, 4) is 0 Å². The lowest BCUT2D eigenvalue weighted by atomic mass is 10.2. The molecule has 2 nitrogen and oxygen atoms in total. The van der Waals surface area contributed by atoms with E-state index in [1.807, 2.05) is 5.70 Å². The maximum Gasteiger partial charge on any atom is 0.370 e. The summed E-state index contributed by atoms with van der Waals surface area (Å²) in [5.41, 5.74) is 1.47. The molecule has 0 atom stereocenters. The summed E-state index contributed by atoms with van der Waals surface area (Å²) in [6.07, 6.45) is 0. The lowest BCUT2D eigenvalue weighted by Crippen LogP contribution is -2.56. The molecule has 0 aliphatic rings. The molecule has 0 aromatic heterocycles. The normalized spacial score (nSPS) is 14.9. The van der Waals surface area contributed by atoms with Gasteiger partial charge in [-0.25, -0.2) is 0 Å². The number of hydrogen-bond donors (Lipinski definition) is 0. The minimum absolute atomic E-state index is 0.0463. The van der Waals surface area contributed by atoms with Crippen molar-refractivity contribution in [1.82, 2.24) is 0 Å². The minimum Gasteiger partial charge on any atom is -0.386 e. The molecule has 0 N–H and O–H groups in total. The van der Waals surface area contributed by atoms with Crippen LogP contribution in [0.15, 0.2) is 12.3 Å². The fourth-order valence-corrected chi connectivity index (χ4v) is 4.88. The Morgan fingerprint density at radius 2 is 1.06 bits per heavy atom. The Balaban J connectivity index is 5.40. The van der Waals surface area contributed by atoms with Gasteiger partial charge in [-0.1, -0.05) is 20.8 Å². The van der Waals surface area contributed by atoms with Crippen molar-refractivity contribution in [2.24, 2.45) is 0 Å². The highest BCUT2D eigenvalue weighted by Gasteiger charge is 2.51. The van der Waals surface area contributed by atoms with Crippen LogP contribution in [0.5, 0.6) is 0 Å². The minimum atomic E-state index is -2.48. The average molecular weight is 258 g/mol. The summed E-state index contributed by atoms with van der Waals surface area (Å²) in [7, 11) is -2.48. The first-order valence-corrected chi connectivity index (χ1v) is 8.16. The van der Waals surface area contributed by atoms with Crippen LogP contribution in [-0.2, 0) is 8.85 Å². The Morgan fingerprint density at radius 3 is 1.18 bits per heavy atom. The summed E-state index contributed by atoms with van der Waals surface area (Å²) in [4.78, 5) is 0. The standard InChI is InChI=1S/C14H30O2Si/c1-11-17(14(8,9)10,15-12(2,3)4)16-13(5,6)7/h11H,1H2,2-10H3. The maximum absolute atomic E-state index is 6.31. The Hall–Kier alpha value is -0.123. The molecule has 3 heteroatoms. The highest BCUT2D eigenvalue weighted by molar-refractivity contribution is 6.75. The van der Waals surface area contributed by atoms with Crippen molar-refractivity contribution >= 4 is 8.56 Å². The predicted molar refractivity (Wildman–Crippen MR) is 77.3 cm³/mol. The van der Waals surface area contributed by atoms with Gasteiger partial charge in [0.1, 0.15) is 0 Å². The van der Waals surface area contributed by atoms with E-state index < -0.39 is 8.56 Å². The first kappa shape index (κ1) is 16.9. The average Bonchev–Trinajstić information content (AvgIpc) is 1.95. The summed E-state index contributed by atoms with van der Waals surface area (Å²) >= 11 is 0. The quantitative estimate of drug-likeness (QED) is 0.690. The molecule has 0 unspecified atom stereocenters. The van der Waals surface area contributed by atoms with Crippen LogP contribution in [0.25, 0.3) is 0 Å². The van der Waals surface area contributed by atoms with Crippen LogP contribution in [0.2, 0.25) is 5.04 Å². The van der Waals surface area contributed by atoms with Crippen molar-refractivity contribution in [3.05, 3.63) is 12.3 Å². The van der Waals surface area contributed by atoms with E-state index in [1.165, 1.54) is 0 Å². The number of hydrogen-bond acceptors (Lipinski definition) is 2. The van der Waals surface area contributed by atoms with Crippen molar-refractivity contribution in [1.29, 1.82) is 0 Å². The number of rotatable bonds is 3. The molecule has 0 fully saturated rings. The first-order valence-electron chi connectivity index (χ1n) is 6.26. The van der Waals surface area contributed by atoms with Gasteiger partial charge in [0.05, 0.1) is 11.2 Å². The molecule has 0 aliphatic heterocycles. The largest absolute Gasteiger partial charge is 0.386 e. The molecule has 17 heavy (non-hydrogen) atoms. The predicted octanol–water partition coefficient (Wildman–Crippen LogP) is 4.58. The third kappa shape index (κ3) is 5.36. The molecule has 0 spiro atoms. The molecule has 0 aromatic carbocycles. The molecule has 0 heterocycles. The van der Waals surface area contributed by atoms with E-state index in [9.17, 15) is 0 Å². The highest BCUT2D eigenvalue weighted by Crippen LogP contribution is 2.42. The van der Waals surface area contributed by atoms with Crippen LogP contribution >= 0.6 is 0 Å². The topological polar surface area (TPSA) is 18.5 Å². The van der Waals surface area contributed by atoms with Crippen LogP contribution < -0.4 is 0 Å². The van der Waals surface area contributed by atoms with Gasteiger partial charge in [-0.15, -0.1) is 6.58 Å². The molecule has 0 rings (SSSR count). The lowest BCUT2D eigenvalue weighted by molar-refractivity contribution is 0.0102. The molecular formula is C14H30O2Si. The zero-order valence-electron chi connectivity index (χ0n) is 13.1. The van der Waals surface area contributed by atoms with Crippen LogP contribution in [0.1, 0.15) is 62.3 Å². The summed E-state index contributed by atoms with van der Waals surface area (Å²) in [6.45, 7) is 22.9. The van der Waals surface area contributed by atoms with Gasteiger partial charge in [-0.2, -0.15) is 0 Å². The highest BCUT2D eigenvalue weighted by atomic mass is 28.4. The molecule has 0 bridgehead atoms. The lowest BCUT2D eigenvalue weighted by Gasteiger charge is -2.46. The van der Waals surface area contributed by atoms with Gasteiger partial charge in [0, 0.05) is 5.04 Å². The van der Waals surface area contributed by atoms with E-state index in [1.54, 1.807) is 0 Å². The molecule has 0 aromatic rings. The molecule has 0 saturated heterocycles. The van der Waals surface area contributed by atoms with Crippen LogP contribution in [-0.4, -0.2) is 19.8 Å². The SMILES string of the molecule is C=C[Si](OC(C)(C)C)(OC(C)(C)C)C(C)(C)C. The van der Waals surface area contributed by atoms with Crippen LogP contribution in [0.4, 0.5) is 0 Å². The molecule has 0 aliphatic carbocycles. The summed E-state index contributed by atoms with van der Waals surface area (Å²) in [6, 6.07) is 0. The van der Waals surface area contributed by atoms with E-state index in [2.05, 4.69) is 68.9 Å². The van der Waals surface area contributed by atoms with E-state index in [0.29, 0.717) is 0 Å². The van der Waals surface area contributed by atoms with Gasteiger partial charge in [0.2, 0.25) is 0 Å². The third-order valence-corrected chi connectivity index (χ3v) is 6.69. The Morgan fingerprint density at radius 1 is 0.765 bits per heavy atom. The van der Waals surface area contributed by atoms with Gasteiger partial charge in [0.25, 0.3) is 0 Å². The molecule has 102 valence electrons. The summed E-state index contributed by atoms with van der Waals surface area (Å²) in [5, 5.41) is -0.0463. The smallest absolute Gasteiger partial charge is 0.370 e. The Bertz CT molecular complexity index is 247. The van der Waals surface area contributed by atoms with Gasteiger partial charge < -0.3 is 8.85 Å². The van der Waals surface area contributed by atoms with Crippen molar-refractivity contribution in [3.63, 3.8) is 0 Å². The van der Waals surface area contributed by atoms with Crippen molar-refractivity contribution in [2.75, 3.05) is 0 Å². The molecule has 0 radical (unpaired) electrons. The third-order valence-electron chi connectivity index (χ3n) is 2.23. The fraction of sp³-hybridized carbons (Fsp3) is 0.857. The van der Waals surface area contributed by atoms with E-state index >= 15 is 0 Å². The van der Waals surface area contributed by atoms with Gasteiger partial charge in [-0.3, -0.25) is 0 Å². The summed E-state index contributed by atoms with van der Waals surface area (Å²) in [5.74, 6) is 0. The van der Waals surface area contributed by atoms with Crippen LogP contribution in [0.3, 0.4) is 0 Å². The van der Waals surface area contributed by atoms with E-state index in [0.717, 1.165) is 0 Å². The van der Waals surface area contributed by atoms with Gasteiger partial charge in [0.15, 0.2) is 0 Å².